The normalized spacial score (nSPS) is 0. The molecule has 0 saturated heterocycles. The molecule has 0 aliphatic rings. The van der Waals surface area contributed by atoms with Crippen LogP contribution in [0.5, 0.6) is 0 Å². The molecular weight excluding hydrogens is 342 g/mol. The van der Waals surface area contributed by atoms with Crippen molar-refractivity contribution in [3.05, 3.63) is 0 Å². The molecule has 7 heteroatoms. The largest absolute Gasteiger partial charge is 3.00 e. The summed E-state index contributed by atoms with van der Waals surface area (Å²) in [6.07, 6.45) is 0. The molecule has 1 radical (unpaired) electrons. The van der Waals surface area contributed by atoms with Crippen LogP contribution in [0.3, 0.4) is 0 Å². The van der Waals surface area contributed by atoms with Crippen molar-refractivity contribution in [2.24, 2.45) is 0 Å². The molecule has 0 rings (SSSR count). The van der Waals surface area contributed by atoms with Gasteiger partial charge < -0.3 is 62.0 Å². The van der Waals surface area contributed by atoms with Gasteiger partial charge in [0.1, 0.15) is 0 Å². The van der Waals surface area contributed by atoms with Crippen molar-refractivity contribution in [3.63, 3.8) is 0 Å². The fourth-order valence-electron chi connectivity index (χ4n) is 0. The van der Waals surface area contributed by atoms with E-state index >= 15 is 0 Å². The Hall–Kier alpha value is 2.90. The third-order valence-corrected chi connectivity index (χ3v) is 0. The Morgan fingerprint density at radius 1 is 0.429 bits per heavy atom. The zero-order chi connectivity index (χ0) is 0. The zero-order valence-corrected chi connectivity index (χ0v) is 12.1. The molecule has 43 valence electrons. The maximum atomic E-state index is 0. The van der Waals surface area contributed by atoms with Gasteiger partial charge in [-0.25, -0.2) is 0 Å². The molecule has 0 N–H and O–H groups in total. The summed E-state index contributed by atoms with van der Waals surface area (Å²) in [6.45, 7) is 0. The molecule has 0 aliphatic heterocycles. The van der Waals surface area contributed by atoms with Gasteiger partial charge in [0.05, 0.1) is 0 Å². The maximum Gasteiger partial charge on any atom is 3.00 e. The van der Waals surface area contributed by atoms with Gasteiger partial charge in [0.2, 0.25) is 0 Å². The van der Waals surface area contributed by atoms with Crippen molar-refractivity contribution in [1.82, 2.24) is 0 Å². The van der Waals surface area contributed by atoms with Gasteiger partial charge in [0, 0.05) is 0 Å². The average Bonchev–Trinajstić information content (AvgIpc) is 0. The Labute approximate surface area is 105 Å². The molecule has 0 aromatic heterocycles. The minimum Gasteiger partial charge on any atom is -1.00 e. The van der Waals surface area contributed by atoms with Gasteiger partial charge in [0.15, 0.2) is 0 Å². The van der Waals surface area contributed by atoms with Gasteiger partial charge in [-0.15, -0.1) is 0 Å². The van der Waals surface area contributed by atoms with E-state index < -0.39 is 0 Å². The second kappa shape index (κ2) is 65.9. The average molecular weight is 342 g/mol. The van der Waals surface area contributed by atoms with Crippen LogP contribution < -0.4 is 62.0 Å². The Morgan fingerprint density at radius 3 is 0.429 bits per heavy atom. The van der Waals surface area contributed by atoms with E-state index in [1.165, 1.54) is 0 Å². The van der Waals surface area contributed by atoms with Crippen LogP contribution in [-0.4, -0.2) is 0 Å². The summed E-state index contributed by atoms with van der Waals surface area (Å²) in [7, 11) is 0. The van der Waals surface area contributed by atoms with Crippen molar-refractivity contribution in [1.29, 1.82) is 0 Å². The summed E-state index contributed by atoms with van der Waals surface area (Å²) in [6, 6.07) is 0. The molecule has 0 saturated carbocycles. The summed E-state index contributed by atoms with van der Waals surface area (Å²) in [5, 5.41) is 0. The quantitative estimate of drug-likeness (QED) is 0.384. The van der Waals surface area contributed by atoms with Crippen molar-refractivity contribution in [2.45, 2.75) is 0 Å². The van der Waals surface area contributed by atoms with Crippen molar-refractivity contribution >= 4 is 0 Å². The van der Waals surface area contributed by atoms with Crippen LogP contribution in [0.1, 0.15) is 0 Å². The van der Waals surface area contributed by atoms with Gasteiger partial charge >= 0.3 is 44.7 Å². The summed E-state index contributed by atoms with van der Waals surface area (Å²) < 4.78 is 0. The van der Waals surface area contributed by atoms with Crippen LogP contribution in [-0.2, 0) is 44.7 Å². The Balaban J connectivity index is 0. The zero-order valence-electron chi connectivity index (χ0n) is 3.01. The van der Waals surface area contributed by atoms with Gasteiger partial charge in [-0.1, -0.05) is 0 Å². The van der Waals surface area contributed by atoms with E-state index in [1.54, 1.807) is 0 Å². The van der Waals surface area contributed by atoms with E-state index in [0.717, 1.165) is 0 Å². The van der Waals surface area contributed by atoms with E-state index in [9.17, 15) is 0 Å². The molecule has 0 atom stereocenters. The van der Waals surface area contributed by atoms with Crippen LogP contribution in [0.2, 0.25) is 0 Å². The van der Waals surface area contributed by atoms with E-state index in [1.807, 2.05) is 0 Å². The van der Waals surface area contributed by atoms with Crippen molar-refractivity contribution in [2.75, 3.05) is 0 Å². The molecule has 0 aliphatic carbocycles. The van der Waals surface area contributed by atoms with E-state index in [4.69, 9.17) is 0 Å². The second-order valence-electron chi connectivity index (χ2n) is 0. The summed E-state index contributed by atoms with van der Waals surface area (Å²) in [5.41, 5.74) is 0. The van der Waals surface area contributed by atoms with Crippen molar-refractivity contribution in [3.8, 4) is 0 Å². The van der Waals surface area contributed by atoms with Gasteiger partial charge in [-0.05, 0) is 0 Å². The molecule has 0 aromatic carbocycles. The molecule has 0 fully saturated rings. The first kappa shape index (κ1) is 93.1. The number of halogens is 5. The van der Waals surface area contributed by atoms with Gasteiger partial charge in [-0.2, -0.15) is 0 Å². The molecule has 0 spiro atoms. The molecule has 0 amide bonds. The fraction of sp³-hybridized carbons (Fsp3) is 0. The van der Waals surface area contributed by atoms with Gasteiger partial charge in [0.25, 0.3) is 0 Å². The first-order chi connectivity index (χ1) is 0. The Morgan fingerprint density at radius 2 is 0.429 bits per heavy atom. The minimum atomic E-state index is 0. The Kier molecular flexibility index (Phi) is 877. The molecule has 0 heterocycles. The summed E-state index contributed by atoms with van der Waals surface area (Å²) in [4.78, 5) is 0. The SMILES string of the molecule is [Cd+2].[Cl-].[Cl-].[Cl-].[Cl-].[Cl-].[Cr+3]. The Bertz CT molecular complexity index is 8.04. The van der Waals surface area contributed by atoms with Gasteiger partial charge in [-0.3, -0.25) is 0 Å². The third kappa shape index (κ3) is 50.3. The number of hydrogen-bond donors (Lipinski definition) is 0. The first-order valence-electron chi connectivity index (χ1n) is 0. The van der Waals surface area contributed by atoms with E-state index in [-0.39, 0.29) is 107 Å². The predicted molar refractivity (Wildman–Crippen MR) is 0 cm³/mol. The molecule has 0 aromatic rings. The van der Waals surface area contributed by atoms with Crippen LogP contribution >= 0.6 is 0 Å². The molecular formula is CdCl5Cr. The second-order valence-corrected chi connectivity index (χ2v) is 0. The predicted octanol–water partition coefficient (Wildman–Crippen LogP) is -15.0. The van der Waals surface area contributed by atoms with Crippen LogP contribution in [0.4, 0.5) is 0 Å². The first-order valence-corrected chi connectivity index (χ1v) is 0. The van der Waals surface area contributed by atoms with E-state index in [2.05, 4.69) is 0 Å². The van der Waals surface area contributed by atoms with E-state index in [0.29, 0.717) is 0 Å². The smallest absolute Gasteiger partial charge is 1.00 e. The summed E-state index contributed by atoms with van der Waals surface area (Å²) in [5.74, 6) is 0. The van der Waals surface area contributed by atoms with Crippen molar-refractivity contribution < 1.29 is 107 Å². The molecule has 0 nitrogen and oxygen atoms in total. The standard InChI is InChI=1S/Cd.5ClH.Cr/h;5*1H;/q+2;;;;;;+3/p-5. The third-order valence-electron chi connectivity index (χ3n) is 0. The topological polar surface area (TPSA) is 0 Å². The van der Waals surface area contributed by atoms with Crippen LogP contribution in [0.25, 0.3) is 0 Å². The summed E-state index contributed by atoms with van der Waals surface area (Å²) >= 11 is 0. The maximum absolute atomic E-state index is 0. The number of hydrogen-bond acceptors (Lipinski definition) is 0. The fourth-order valence-corrected chi connectivity index (χ4v) is 0. The number of rotatable bonds is 0. The van der Waals surface area contributed by atoms with Crippen LogP contribution in [0.15, 0.2) is 0 Å². The monoisotopic (exact) mass is 341 g/mol. The minimum absolute atomic E-state index is 0. The molecule has 7 heavy (non-hydrogen) atoms. The van der Waals surface area contributed by atoms with Crippen LogP contribution in [0, 0.1) is 0 Å². The molecule has 0 bridgehead atoms. The molecule has 0 unspecified atom stereocenters.